The highest BCUT2D eigenvalue weighted by Gasteiger charge is 2.63. The monoisotopic (exact) mass is 360 g/mol. The van der Waals surface area contributed by atoms with E-state index in [1.165, 1.54) is 51.9 Å². The minimum absolute atomic E-state index is 0.0188. The summed E-state index contributed by atoms with van der Waals surface area (Å²) in [7, 11) is 0. The van der Waals surface area contributed by atoms with Crippen molar-refractivity contribution < 1.29 is 14.3 Å². The lowest BCUT2D eigenvalue weighted by molar-refractivity contribution is -0.151. The number of Topliss-reactive ketones (excluding diaryl/α,β-unsaturated/α-hetero) is 1. The van der Waals surface area contributed by atoms with Crippen LogP contribution in [0.2, 0.25) is 0 Å². The van der Waals surface area contributed by atoms with Crippen molar-refractivity contribution in [3.63, 3.8) is 0 Å². The molecule has 0 spiro atoms. The van der Waals surface area contributed by atoms with Gasteiger partial charge in [0.25, 0.3) is 0 Å². The fourth-order valence-electron chi connectivity index (χ4n) is 8.34. The van der Waals surface area contributed by atoms with Gasteiger partial charge in [-0.1, -0.05) is 26.7 Å². The first-order valence-electron chi connectivity index (χ1n) is 10.9. The van der Waals surface area contributed by atoms with Crippen LogP contribution in [0, 0.1) is 40.4 Å². The third kappa shape index (κ3) is 2.59. The summed E-state index contributed by atoms with van der Waals surface area (Å²) in [6.07, 6.45) is 11.4. The number of hydrogen-bond donors (Lipinski definition) is 0. The van der Waals surface area contributed by atoms with E-state index in [-0.39, 0.29) is 29.2 Å². The molecule has 4 aliphatic rings. The van der Waals surface area contributed by atoms with Crippen molar-refractivity contribution in [2.24, 2.45) is 40.4 Å². The maximum Gasteiger partial charge on any atom is 0.302 e. The first kappa shape index (κ1) is 18.5. The van der Waals surface area contributed by atoms with Gasteiger partial charge in [0, 0.05) is 6.92 Å². The molecule has 4 aliphatic carbocycles. The third-order valence-corrected chi connectivity index (χ3v) is 9.34. The molecule has 0 aromatic rings. The van der Waals surface area contributed by atoms with Crippen molar-refractivity contribution in [2.45, 2.75) is 91.6 Å². The topological polar surface area (TPSA) is 43.4 Å². The number of hydrogen-bond acceptors (Lipinski definition) is 3. The average molecular weight is 361 g/mol. The van der Waals surface area contributed by atoms with E-state index in [1.54, 1.807) is 6.92 Å². The Bertz CT molecular complexity index is 598. The van der Waals surface area contributed by atoms with E-state index in [4.69, 9.17) is 4.74 Å². The Morgan fingerprint density at radius 3 is 2.35 bits per heavy atom. The predicted octanol–water partition coefficient (Wildman–Crippen LogP) is 5.17. The third-order valence-electron chi connectivity index (χ3n) is 9.34. The van der Waals surface area contributed by atoms with Crippen LogP contribution in [0.25, 0.3) is 0 Å². The summed E-state index contributed by atoms with van der Waals surface area (Å²) in [5, 5.41) is 0. The number of fused-ring (bicyclic) bond motifs is 5. The summed E-state index contributed by atoms with van der Waals surface area (Å²) in [4.78, 5) is 24.2. The molecule has 0 N–H and O–H groups in total. The number of ketones is 1. The first-order chi connectivity index (χ1) is 12.3. The zero-order valence-corrected chi connectivity index (χ0v) is 17.1. The molecule has 0 saturated heterocycles. The summed E-state index contributed by atoms with van der Waals surface area (Å²) in [6.45, 7) is 8.11. The molecular formula is C23H36O3. The van der Waals surface area contributed by atoms with Crippen molar-refractivity contribution >= 4 is 11.8 Å². The van der Waals surface area contributed by atoms with Gasteiger partial charge in [0.05, 0.1) is 5.92 Å². The van der Waals surface area contributed by atoms with Crippen molar-refractivity contribution in [1.82, 2.24) is 0 Å². The van der Waals surface area contributed by atoms with Gasteiger partial charge in [-0.2, -0.15) is 0 Å². The molecule has 3 nitrogen and oxygen atoms in total. The lowest BCUT2D eigenvalue weighted by Gasteiger charge is -2.60. The van der Waals surface area contributed by atoms with Crippen LogP contribution in [-0.4, -0.2) is 17.9 Å². The lowest BCUT2D eigenvalue weighted by atomic mass is 9.45. The van der Waals surface area contributed by atoms with Gasteiger partial charge in [0.15, 0.2) is 0 Å². The highest BCUT2D eigenvalue weighted by atomic mass is 16.5. The molecule has 0 heterocycles. The molecular weight excluding hydrogens is 324 g/mol. The van der Waals surface area contributed by atoms with E-state index in [2.05, 4.69) is 13.8 Å². The summed E-state index contributed by atoms with van der Waals surface area (Å²) in [5.41, 5.74) is 0.527. The Morgan fingerprint density at radius 1 is 0.885 bits per heavy atom. The quantitative estimate of drug-likeness (QED) is 0.638. The number of esters is 1. The molecule has 26 heavy (non-hydrogen) atoms. The Kier molecular flexibility index (Phi) is 4.51. The Labute approximate surface area is 158 Å². The van der Waals surface area contributed by atoms with E-state index in [9.17, 15) is 9.59 Å². The Balaban J connectivity index is 1.65. The second-order valence-corrected chi connectivity index (χ2v) is 10.4. The zero-order valence-electron chi connectivity index (χ0n) is 17.1. The van der Waals surface area contributed by atoms with Crippen LogP contribution in [0.1, 0.15) is 85.5 Å². The van der Waals surface area contributed by atoms with Gasteiger partial charge in [0.1, 0.15) is 11.9 Å². The van der Waals surface area contributed by atoms with E-state index in [0.29, 0.717) is 11.3 Å². The van der Waals surface area contributed by atoms with Gasteiger partial charge in [-0.25, -0.2) is 0 Å². The summed E-state index contributed by atoms with van der Waals surface area (Å²) < 4.78 is 5.69. The van der Waals surface area contributed by atoms with Crippen LogP contribution in [0.3, 0.4) is 0 Å². The molecule has 0 aromatic heterocycles. The molecule has 4 fully saturated rings. The molecule has 0 aliphatic heterocycles. The summed E-state index contributed by atoms with van der Waals surface area (Å²) in [6, 6.07) is 0. The van der Waals surface area contributed by atoms with Gasteiger partial charge in [-0.3, -0.25) is 9.59 Å². The Morgan fingerprint density at radius 2 is 1.65 bits per heavy atom. The molecule has 0 amide bonds. The average Bonchev–Trinajstić information content (AvgIpc) is 2.85. The molecule has 0 unspecified atom stereocenters. The summed E-state index contributed by atoms with van der Waals surface area (Å²) >= 11 is 0. The molecule has 0 radical (unpaired) electrons. The second kappa shape index (κ2) is 6.34. The van der Waals surface area contributed by atoms with Gasteiger partial charge in [0.2, 0.25) is 0 Å². The lowest BCUT2D eigenvalue weighted by Crippen LogP contribution is -2.53. The van der Waals surface area contributed by atoms with Gasteiger partial charge < -0.3 is 4.74 Å². The van der Waals surface area contributed by atoms with E-state index in [1.807, 2.05) is 0 Å². The minimum atomic E-state index is -0.233. The standard InChI is InChI=1S/C23H36O3/c1-14(24)21-20(26-15(2)25)13-19-17-9-8-16-7-5-6-11-22(16,3)18(17)10-12-23(19,21)4/h16-21H,5-13H2,1-4H3/t16-,17+,18-,19-,20+,21-,22+,23-/m1/s1. The molecule has 8 atom stereocenters. The van der Waals surface area contributed by atoms with Crippen molar-refractivity contribution in [2.75, 3.05) is 0 Å². The summed E-state index contributed by atoms with van der Waals surface area (Å²) in [5.74, 6) is 2.86. The second-order valence-electron chi connectivity index (χ2n) is 10.4. The van der Waals surface area contributed by atoms with Gasteiger partial charge >= 0.3 is 5.97 Å². The van der Waals surface area contributed by atoms with E-state index >= 15 is 0 Å². The number of carbonyl (C=O) groups excluding carboxylic acids is 2. The van der Waals surface area contributed by atoms with Crippen LogP contribution < -0.4 is 0 Å². The molecule has 0 aromatic carbocycles. The van der Waals surface area contributed by atoms with Gasteiger partial charge in [-0.05, 0) is 86.4 Å². The SMILES string of the molecule is CC(=O)O[C@H]1C[C@@H]2[C@H]3CC[C@H]4CCCC[C@]4(C)[C@@H]3CC[C@@]2(C)[C@@H]1C(C)=O. The van der Waals surface area contributed by atoms with Crippen LogP contribution in [0.5, 0.6) is 0 Å². The van der Waals surface area contributed by atoms with Crippen LogP contribution in [0.4, 0.5) is 0 Å². The largest absolute Gasteiger partial charge is 0.462 e. The van der Waals surface area contributed by atoms with E-state index in [0.717, 1.165) is 30.6 Å². The smallest absolute Gasteiger partial charge is 0.302 e. The number of ether oxygens (including phenoxy) is 1. The molecule has 146 valence electrons. The predicted molar refractivity (Wildman–Crippen MR) is 101 cm³/mol. The maximum atomic E-state index is 12.6. The highest BCUT2D eigenvalue weighted by Crippen LogP contribution is 2.67. The highest BCUT2D eigenvalue weighted by molar-refractivity contribution is 5.81. The molecule has 4 saturated carbocycles. The van der Waals surface area contributed by atoms with Crippen molar-refractivity contribution in [3.05, 3.63) is 0 Å². The molecule has 0 bridgehead atoms. The fraction of sp³-hybridized carbons (Fsp3) is 0.913. The Hall–Kier alpha value is -0.860. The van der Waals surface area contributed by atoms with Crippen LogP contribution >= 0.6 is 0 Å². The van der Waals surface area contributed by atoms with Gasteiger partial charge in [-0.15, -0.1) is 0 Å². The minimum Gasteiger partial charge on any atom is -0.462 e. The maximum absolute atomic E-state index is 12.6. The zero-order chi connectivity index (χ0) is 18.7. The molecule has 4 rings (SSSR count). The normalized spacial score (nSPS) is 50.3. The molecule has 3 heteroatoms. The number of rotatable bonds is 2. The first-order valence-corrected chi connectivity index (χ1v) is 10.9. The van der Waals surface area contributed by atoms with Crippen LogP contribution in [-0.2, 0) is 14.3 Å². The van der Waals surface area contributed by atoms with E-state index < -0.39 is 0 Å². The van der Waals surface area contributed by atoms with Crippen molar-refractivity contribution in [1.29, 1.82) is 0 Å². The van der Waals surface area contributed by atoms with Crippen LogP contribution in [0.15, 0.2) is 0 Å². The van der Waals surface area contributed by atoms with Crippen molar-refractivity contribution in [3.8, 4) is 0 Å². The fourth-order valence-corrected chi connectivity index (χ4v) is 8.34. The number of carbonyl (C=O) groups is 2.